The molecule has 0 amide bonds. The molecular formula is C16H25N3O4S2. The highest BCUT2D eigenvalue weighted by Gasteiger charge is 2.29. The van der Waals surface area contributed by atoms with Gasteiger partial charge in [-0.1, -0.05) is 0 Å². The predicted molar refractivity (Wildman–Crippen MR) is 102 cm³/mol. The van der Waals surface area contributed by atoms with Crippen LogP contribution in [-0.2, 0) is 14.8 Å². The van der Waals surface area contributed by atoms with Gasteiger partial charge >= 0.3 is 0 Å². The van der Waals surface area contributed by atoms with Gasteiger partial charge in [0.15, 0.2) is 5.11 Å². The summed E-state index contributed by atoms with van der Waals surface area (Å²) in [7, 11) is -3.67. The fourth-order valence-corrected chi connectivity index (χ4v) is 4.34. The second-order valence-corrected chi connectivity index (χ2v) is 8.18. The van der Waals surface area contributed by atoms with E-state index in [0.717, 1.165) is 0 Å². The first-order valence-electron chi connectivity index (χ1n) is 8.27. The first-order chi connectivity index (χ1) is 11.8. The molecule has 0 radical (unpaired) electrons. The van der Waals surface area contributed by atoms with Crippen LogP contribution in [0.2, 0.25) is 0 Å². The van der Waals surface area contributed by atoms with Gasteiger partial charge in [-0.25, -0.2) is 8.42 Å². The first kappa shape index (κ1) is 19.9. The molecule has 0 spiro atoms. The van der Waals surface area contributed by atoms with Crippen LogP contribution in [0, 0.1) is 0 Å². The highest BCUT2D eigenvalue weighted by atomic mass is 32.2. The van der Waals surface area contributed by atoms with Gasteiger partial charge in [-0.05, 0) is 51.2 Å². The molecule has 7 nitrogen and oxygen atoms in total. The Balaban J connectivity index is 2.32. The average Bonchev–Trinajstić information content (AvgIpc) is 2.56. The van der Waals surface area contributed by atoms with E-state index in [-0.39, 0.29) is 10.9 Å². The molecule has 0 unspecified atom stereocenters. The molecule has 1 aliphatic heterocycles. The number of rotatable bonds is 6. The van der Waals surface area contributed by atoms with E-state index in [4.69, 9.17) is 21.7 Å². The Hall–Kier alpha value is -1.42. The fraction of sp³-hybridized carbons (Fsp3) is 0.562. The zero-order valence-corrected chi connectivity index (χ0v) is 16.4. The van der Waals surface area contributed by atoms with Crippen molar-refractivity contribution < 1.29 is 17.9 Å². The summed E-state index contributed by atoms with van der Waals surface area (Å²) < 4.78 is 38.2. The molecule has 0 atom stereocenters. The number of hydrogen-bond donors (Lipinski definition) is 2. The van der Waals surface area contributed by atoms with Crippen LogP contribution in [0.3, 0.4) is 0 Å². The number of benzene rings is 1. The Bertz CT molecular complexity index is 701. The SMILES string of the molecule is CCOc1ccc(NC(=S)NC(C)C)cc1S(=O)(=O)N1CCOCC1. The maximum absolute atomic E-state index is 13.0. The quantitative estimate of drug-likeness (QED) is 0.721. The van der Waals surface area contributed by atoms with Crippen LogP contribution in [0.1, 0.15) is 20.8 Å². The predicted octanol–water partition coefficient (Wildman–Crippen LogP) is 1.80. The average molecular weight is 388 g/mol. The maximum atomic E-state index is 13.0. The summed E-state index contributed by atoms with van der Waals surface area (Å²) in [5.74, 6) is 0.335. The molecule has 9 heteroatoms. The number of nitrogens with zero attached hydrogens (tertiary/aromatic N) is 1. The molecule has 1 fully saturated rings. The molecule has 140 valence electrons. The standard InChI is InChI=1S/C16H25N3O4S2/c1-4-23-14-6-5-13(18-16(24)17-12(2)3)11-15(14)25(20,21)19-7-9-22-10-8-19/h5-6,11-12H,4,7-10H2,1-3H3,(H2,17,18,24). The van der Waals surface area contributed by atoms with E-state index in [1.807, 2.05) is 20.8 Å². The molecule has 2 rings (SSSR count). The van der Waals surface area contributed by atoms with Crippen LogP contribution in [-0.4, -0.2) is 56.8 Å². The highest BCUT2D eigenvalue weighted by molar-refractivity contribution is 7.89. The monoisotopic (exact) mass is 387 g/mol. The second kappa shape index (κ2) is 8.79. The fourth-order valence-electron chi connectivity index (χ4n) is 2.42. The van der Waals surface area contributed by atoms with Crippen molar-refractivity contribution in [2.24, 2.45) is 0 Å². The van der Waals surface area contributed by atoms with Crippen LogP contribution in [0.15, 0.2) is 23.1 Å². The number of thiocarbonyl (C=S) groups is 1. The molecule has 0 aromatic heterocycles. The number of hydrogen-bond acceptors (Lipinski definition) is 5. The smallest absolute Gasteiger partial charge is 0.246 e. The van der Waals surface area contributed by atoms with E-state index in [0.29, 0.717) is 49.5 Å². The highest BCUT2D eigenvalue weighted by Crippen LogP contribution is 2.30. The molecule has 0 bridgehead atoms. The largest absolute Gasteiger partial charge is 0.492 e. The summed E-state index contributed by atoms with van der Waals surface area (Å²) in [6.07, 6.45) is 0. The van der Waals surface area contributed by atoms with E-state index in [2.05, 4.69) is 10.6 Å². The molecule has 0 saturated carbocycles. The van der Waals surface area contributed by atoms with Crippen molar-refractivity contribution in [3.8, 4) is 5.75 Å². The van der Waals surface area contributed by atoms with Gasteiger partial charge in [-0.3, -0.25) is 0 Å². The topological polar surface area (TPSA) is 79.9 Å². The van der Waals surface area contributed by atoms with Crippen LogP contribution in [0.4, 0.5) is 5.69 Å². The number of morpholine rings is 1. The van der Waals surface area contributed by atoms with Crippen LogP contribution in [0.5, 0.6) is 5.75 Å². The van der Waals surface area contributed by atoms with E-state index in [9.17, 15) is 8.42 Å². The van der Waals surface area contributed by atoms with Crippen molar-refractivity contribution in [2.75, 3.05) is 38.2 Å². The van der Waals surface area contributed by atoms with Gasteiger partial charge in [0, 0.05) is 24.8 Å². The zero-order chi connectivity index (χ0) is 18.4. The third kappa shape index (κ3) is 5.27. The van der Waals surface area contributed by atoms with Gasteiger partial charge in [0.05, 0.1) is 19.8 Å². The summed E-state index contributed by atoms with van der Waals surface area (Å²) in [6, 6.07) is 5.14. The molecule has 1 aliphatic rings. The lowest BCUT2D eigenvalue weighted by atomic mass is 10.3. The van der Waals surface area contributed by atoms with E-state index < -0.39 is 10.0 Å². The Kier molecular flexibility index (Phi) is 7.00. The lowest BCUT2D eigenvalue weighted by Gasteiger charge is -2.27. The van der Waals surface area contributed by atoms with Gasteiger partial charge < -0.3 is 20.1 Å². The van der Waals surface area contributed by atoms with Crippen molar-refractivity contribution in [1.29, 1.82) is 0 Å². The molecule has 1 heterocycles. The Labute approximate surface area is 154 Å². The summed E-state index contributed by atoms with van der Waals surface area (Å²) in [4.78, 5) is 0.133. The van der Waals surface area contributed by atoms with Crippen molar-refractivity contribution in [3.63, 3.8) is 0 Å². The molecule has 2 N–H and O–H groups in total. The number of ether oxygens (including phenoxy) is 2. The molecule has 1 aromatic rings. The molecular weight excluding hydrogens is 362 g/mol. The summed E-state index contributed by atoms with van der Waals surface area (Å²) in [6.45, 7) is 7.59. The van der Waals surface area contributed by atoms with E-state index in [1.54, 1.807) is 18.2 Å². The number of nitrogens with one attached hydrogen (secondary N) is 2. The van der Waals surface area contributed by atoms with Gasteiger partial charge in [0.1, 0.15) is 10.6 Å². The van der Waals surface area contributed by atoms with Crippen molar-refractivity contribution in [2.45, 2.75) is 31.7 Å². The summed E-state index contributed by atoms with van der Waals surface area (Å²) in [5, 5.41) is 6.52. The normalized spacial score (nSPS) is 15.8. The van der Waals surface area contributed by atoms with E-state index >= 15 is 0 Å². The molecule has 1 aromatic carbocycles. The first-order valence-corrected chi connectivity index (χ1v) is 10.1. The second-order valence-electron chi connectivity index (χ2n) is 5.86. The zero-order valence-electron chi connectivity index (χ0n) is 14.7. The van der Waals surface area contributed by atoms with Crippen LogP contribution in [0.25, 0.3) is 0 Å². The van der Waals surface area contributed by atoms with Crippen molar-refractivity contribution in [1.82, 2.24) is 9.62 Å². The molecule has 25 heavy (non-hydrogen) atoms. The summed E-state index contributed by atoms with van der Waals surface area (Å²) in [5.41, 5.74) is 0.591. The minimum absolute atomic E-state index is 0.133. The lowest BCUT2D eigenvalue weighted by molar-refractivity contribution is 0.0729. The Morgan fingerprint density at radius 1 is 1.36 bits per heavy atom. The van der Waals surface area contributed by atoms with Crippen molar-refractivity contribution in [3.05, 3.63) is 18.2 Å². The molecule has 0 aliphatic carbocycles. The minimum Gasteiger partial charge on any atom is -0.492 e. The third-order valence-corrected chi connectivity index (χ3v) is 5.65. The lowest BCUT2D eigenvalue weighted by Crippen LogP contribution is -2.40. The van der Waals surface area contributed by atoms with Crippen LogP contribution < -0.4 is 15.4 Å². The van der Waals surface area contributed by atoms with Crippen LogP contribution >= 0.6 is 12.2 Å². The summed E-state index contributed by atoms with van der Waals surface area (Å²) >= 11 is 5.23. The maximum Gasteiger partial charge on any atom is 0.246 e. The third-order valence-electron chi connectivity index (χ3n) is 3.51. The van der Waals surface area contributed by atoms with Gasteiger partial charge in [0.2, 0.25) is 10.0 Å². The molecule has 1 saturated heterocycles. The number of sulfonamides is 1. The number of anilines is 1. The Morgan fingerprint density at radius 2 is 2.04 bits per heavy atom. The van der Waals surface area contributed by atoms with Gasteiger partial charge in [-0.2, -0.15) is 4.31 Å². The van der Waals surface area contributed by atoms with Gasteiger partial charge in [0.25, 0.3) is 0 Å². The van der Waals surface area contributed by atoms with E-state index in [1.165, 1.54) is 4.31 Å². The van der Waals surface area contributed by atoms with Crippen molar-refractivity contribution >= 4 is 33.0 Å². The Morgan fingerprint density at radius 3 is 2.64 bits per heavy atom. The van der Waals surface area contributed by atoms with Gasteiger partial charge in [-0.15, -0.1) is 0 Å². The minimum atomic E-state index is -3.67.